The van der Waals surface area contributed by atoms with Crippen molar-refractivity contribution in [3.8, 4) is 51.7 Å². The number of benzene rings is 3. The first-order valence-corrected chi connectivity index (χ1v) is 22.3. The molecule has 0 spiro atoms. The van der Waals surface area contributed by atoms with Gasteiger partial charge in [-0.25, -0.2) is 19.1 Å². The van der Waals surface area contributed by atoms with Gasteiger partial charge in [0.2, 0.25) is 5.91 Å². The number of hydrogen-bond acceptors (Lipinski definition) is 13. The Hall–Kier alpha value is -7.73. The highest BCUT2D eigenvalue weighted by molar-refractivity contribution is 5.91. The van der Waals surface area contributed by atoms with Crippen molar-refractivity contribution < 1.29 is 44.3 Å². The number of phenolic OH excluding ortho intramolecular Hbond substituents is 2. The first-order chi connectivity index (χ1) is 32.1. The Balaban J connectivity index is 0.822. The van der Waals surface area contributed by atoms with Gasteiger partial charge in [0.25, 0.3) is 5.56 Å². The molecule has 67 heavy (non-hydrogen) atoms. The molecule has 18 nitrogen and oxygen atoms in total. The zero-order valence-electron chi connectivity index (χ0n) is 37.5. The summed E-state index contributed by atoms with van der Waals surface area (Å²) in [5, 5.41) is 52.7. The number of nitrogens with zero attached hydrogens (tertiary/aromatic N) is 8. The number of aromatic nitrogens is 6. The standard InChI is InChI=1S/C49H48N8O10/c1-6-30-32-17-29(9-10-37(32)50-43-34(30)22-56-39(43)19-36-35(45(56)61)24-66-46(62)49(36,65)7-2)67-48(64)55-15-14-54(21-26(55)5)42(60)23-53-13-12-27-16-28(8-11-38(27)53)57-44(51-52-47(57)63)33-18-31(25(3)4)40(58)20-41(33)59/h8-13,16-20,25-26,58-59,65H,6-7,14-15,21-24H2,1-5H3,(H,52,63). The van der Waals surface area contributed by atoms with Crippen molar-refractivity contribution in [1.29, 1.82) is 0 Å². The lowest BCUT2D eigenvalue weighted by Crippen LogP contribution is -2.56. The number of ether oxygens (including phenoxy) is 2. The highest BCUT2D eigenvalue weighted by Gasteiger charge is 2.45. The number of piperazine rings is 1. The molecule has 2 amide bonds. The number of pyridine rings is 2. The van der Waals surface area contributed by atoms with E-state index in [0.717, 1.165) is 27.4 Å². The van der Waals surface area contributed by atoms with Crippen LogP contribution in [0.5, 0.6) is 23.3 Å². The molecular formula is C49H48N8O10. The van der Waals surface area contributed by atoms with E-state index in [-0.39, 0.29) is 90.1 Å². The highest BCUT2D eigenvalue weighted by Crippen LogP contribution is 2.42. The molecule has 2 unspecified atom stereocenters. The molecule has 4 N–H and O–H groups in total. The molecule has 0 bridgehead atoms. The lowest BCUT2D eigenvalue weighted by molar-refractivity contribution is -0.172. The summed E-state index contributed by atoms with van der Waals surface area (Å²) in [5.74, 6) is -0.716. The van der Waals surface area contributed by atoms with E-state index < -0.39 is 23.7 Å². The van der Waals surface area contributed by atoms with Gasteiger partial charge in [-0.2, -0.15) is 0 Å². The zero-order valence-corrected chi connectivity index (χ0v) is 37.5. The number of cyclic esters (lactones) is 1. The lowest BCUT2D eigenvalue weighted by Gasteiger charge is -2.39. The fraction of sp³-hybridized carbons (Fsp3) is 0.327. The van der Waals surface area contributed by atoms with Crippen LogP contribution in [0.2, 0.25) is 0 Å². The summed E-state index contributed by atoms with van der Waals surface area (Å²) >= 11 is 0. The molecule has 7 heterocycles. The molecule has 3 aromatic carbocycles. The Morgan fingerprint density at radius 2 is 1.76 bits per heavy atom. The monoisotopic (exact) mass is 908 g/mol. The molecule has 1 saturated heterocycles. The minimum absolute atomic E-state index is 0.0455. The van der Waals surface area contributed by atoms with E-state index >= 15 is 0 Å². The first-order valence-electron chi connectivity index (χ1n) is 22.3. The number of aliphatic hydroxyl groups is 1. The highest BCUT2D eigenvalue weighted by atomic mass is 16.6. The molecule has 344 valence electrons. The second-order valence-corrected chi connectivity index (χ2v) is 17.7. The second-order valence-electron chi connectivity index (χ2n) is 17.7. The smallest absolute Gasteiger partial charge is 0.415 e. The number of amides is 2. The Morgan fingerprint density at radius 3 is 2.51 bits per heavy atom. The van der Waals surface area contributed by atoms with Gasteiger partial charge < -0.3 is 48.8 Å². The third kappa shape index (κ3) is 6.92. The van der Waals surface area contributed by atoms with Crippen molar-refractivity contribution in [3.63, 3.8) is 0 Å². The van der Waals surface area contributed by atoms with Crippen LogP contribution in [0.1, 0.15) is 74.8 Å². The van der Waals surface area contributed by atoms with E-state index in [1.807, 2.05) is 56.7 Å². The van der Waals surface area contributed by atoms with E-state index in [4.69, 9.17) is 14.5 Å². The maximum atomic E-state index is 13.8. The number of hydrogen-bond donors (Lipinski definition) is 4. The van der Waals surface area contributed by atoms with Crippen molar-refractivity contribution in [1.82, 2.24) is 38.7 Å². The SMILES string of the molecule is CCc1c2c(nc3ccc(OC(=O)N4CCN(C(=O)Cn5ccc6cc(-n7c(O)nnc7-c7cc(C(C)C)c(O)cc7O)ccc65)CC4C)cc13)-c1cc3c(c(=O)n1C2)COC(=O)C3(O)CC. The number of aromatic hydroxyl groups is 3. The summed E-state index contributed by atoms with van der Waals surface area (Å²) in [4.78, 5) is 62.1. The summed E-state index contributed by atoms with van der Waals surface area (Å²) in [7, 11) is 0. The van der Waals surface area contributed by atoms with E-state index in [1.165, 1.54) is 10.6 Å². The lowest BCUT2D eigenvalue weighted by atomic mass is 9.86. The minimum Gasteiger partial charge on any atom is -0.508 e. The molecule has 4 aromatic heterocycles. The molecule has 3 aliphatic heterocycles. The van der Waals surface area contributed by atoms with E-state index in [2.05, 4.69) is 10.2 Å². The number of carbonyl (C=O) groups is 3. The topological polar surface area (TPSA) is 228 Å². The van der Waals surface area contributed by atoms with Crippen LogP contribution < -0.4 is 10.3 Å². The Labute approximate surface area is 382 Å². The second kappa shape index (κ2) is 16.0. The molecule has 18 heteroatoms. The van der Waals surface area contributed by atoms with Gasteiger partial charge in [-0.15, -0.1) is 5.10 Å². The van der Waals surface area contributed by atoms with E-state index in [1.54, 1.807) is 57.7 Å². The molecule has 0 aliphatic carbocycles. The van der Waals surface area contributed by atoms with Crippen LogP contribution >= 0.6 is 0 Å². The summed E-state index contributed by atoms with van der Waals surface area (Å²) in [6, 6.07) is 16.3. The van der Waals surface area contributed by atoms with Gasteiger partial charge in [-0.1, -0.05) is 32.8 Å². The maximum Gasteiger partial charge on any atom is 0.415 e. The van der Waals surface area contributed by atoms with E-state index in [0.29, 0.717) is 53.4 Å². The van der Waals surface area contributed by atoms with Gasteiger partial charge in [0.15, 0.2) is 11.4 Å². The summed E-state index contributed by atoms with van der Waals surface area (Å²) in [6.45, 7) is 10.3. The number of aryl methyl sites for hydroxylation is 1. The predicted molar refractivity (Wildman–Crippen MR) is 244 cm³/mol. The Morgan fingerprint density at radius 1 is 0.955 bits per heavy atom. The summed E-state index contributed by atoms with van der Waals surface area (Å²) in [6.07, 6.45) is 1.90. The number of phenols is 2. The first kappa shape index (κ1) is 43.2. The van der Waals surface area contributed by atoms with Gasteiger partial charge in [0.1, 0.15) is 30.4 Å². The Bertz CT molecular complexity index is 3300. The van der Waals surface area contributed by atoms with Crippen LogP contribution in [-0.2, 0) is 46.0 Å². The van der Waals surface area contributed by atoms with Crippen molar-refractivity contribution >= 4 is 39.8 Å². The minimum atomic E-state index is -1.93. The molecule has 0 saturated carbocycles. The Kier molecular flexibility index (Phi) is 10.3. The number of carbonyl (C=O) groups excluding carboxylic acids is 3. The average molecular weight is 909 g/mol. The van der Waals surface area contributed by atoms with E-state index in [9.17, 15) is 39.6 Å². The summed E-state index contributed by atoms with van der Waals surface area (Å²) in [5.41, 5.74) is 3.93. The van der Waals surface area contributed by atoms with Crippen LogP contribution in [0.15, 0.2) is 71.7 Å². The molecular weight excluding hydrogens is 861 g/mol. The quantitative estimate of drug-likeness (QED) is 0.132. The van der Waals surface area contributed by atoms with Crippen LogP contribution in [-0.4, -0.2) is 103 Å². The zero-order chi connectivity index (χ0) is 47.2. The van der Waals surface area contributed by atoms with Gasteiger partial charge >= 0.3 is 18.1 Å². The normalized spacial score (nSPS) is 17.8. The fourth-order valence-electron chi connectivity index (χ4n) is 9.86. The maximum absolute atomic E-state index is 13.8. The van der Waals surface area contributed by atoms with Crippen molar-refractivity contribution in [3.05, 3.63) is 105 Å². The number of rotatable bonds is 8. The molecule has 2 atom stereocenters. The summed E-state index contributed by atoms with van der Waals surface area (Å²) < 4.78 is 16.0. The number of fused-ring (bicyclic) bond motifs is 6. The van der Waals surface area contributed by atoms with Gasteiger partial charge in [0.05, 0.1) is 40.3 Å². The van der Waals surface area contributed by atoms with Crippen LogP contribution in [0, 0.1) is 0 Å². The van der Waals surface area contributed by atoms with Crippen molar-refractivity contribution in [2.45, 2.75) is 84.7 Å². The fourth-order valence-corrected chi connectivity index (χ4v) is 9.86. The molecule has 10 rings (SSSR count). The average Bonchev–Trinajstić information content (AvgIpc) is 4.01. The predicted octanol–water partition coefficient (Wildman–Crippen LogP) is 5.82. The third-order valence-electron chi connectivity index (χ3n) is 13.5. The van der Waals surface area contributed by atoms with Gasteiger partial charge in [-0.3, -0.25) is 9.59 Å². The molecule has 3 aliphatic rings. The number of esters is 1. The molecule has 7 aromatic rings. The van der Waals surface area contributed by atoms with Crippen LogP contribution in [0.3, 0.4) is 0 Å². The largest absolute Gasteiger partial charge is 0.508 e. The van der Waals surface area contributed by atoms with Crippen molar-refractivity contribution in [2.24, 2.45) is 0 Å². The van der Waals surface area contributed by atoms with Crippen molar-refractivity contribution in [2.75, 3.05) is 19.6 Å². The third-order valence-corrected chi connectivity index (χ3v) is 13.5. The van der Waals surface area contributed by atoms with Crippen LogP contribution in [0.25, 0.3) is 50.3 Å². The van der Waals surface area contributed by atoms with Gasteiger partial charge in [0, 0.05) is 65.4 Å². The molecule has 0 radical (unpaired) electrons. The molecule has 1 fully saturated rings. The van der Waals surface area contributed by atoms with Gasteiger partial charge in [-0.05, 0) is 91.4 Å². The van der Waals surface area contributed by atoms with Crippen LogP contribution in [0.4, 0.5) is 4.79 Å².